The fourth-order valence-corrected chi connectivity index (χ4v) is 2.84. The number of nitrogens with zero attached hydrogens (tertiary/aromatic N) is 3. The Balaban J connectivity index is 1.98. The molecule has 0 amide bonds. The SMILES string of the molecule is CC=CCn1c(C)c(C)c2cnnc(NCc3ccc(F)cc3)c21. The van der Waals surface area contributed by atoms with E-state index in [4.69, 9.17) is 0 Å². The number of anilines is 1. The molecule has 2 aromatic heterocycles. The van der Waals surface area contributed by atoms with Crippen LogP contribution in [0.4, 0.5) is 10.2 Å². The first kappa shape index (κ1) is 16.2. The molecule has 0 bridgehead atoms. The van der Waals surface area contributed by atoms with Crippen molar-refractivity contribution in [3.63, 3.8) is 0 Å². The highest BCUT2D eigenvalue weighted by Gasteiger charge is 2.15. The molecule has 0 fully saturated rings. The summed E-state index contributed by atoms with van der Waals surface area (Å²) in [6.45, 7) is 7.60. The average molecular weight is 324 g/mol. The van der Waals surface area contributed by atoms with E-state index >= 15 is 0 Å². The molecule has 1 N–H and O–H groups in total. The standard InChI is InChI=1S/C19H21FN4/c1-4-5-10-24-14(3)13(2)17-12-22-23-19(18(17)24)21-11-15-6-8-16(20)9-7-15/h4-9,12H,10-11H2,1-3H3,(H,21,23). The van der Waals surface area contributed by atoms with Crippen LogP contribution in [0.5, 0.6) is 0 Å². The van der Waals surface area contributed by atoms with Crippen LogP contribution in [0.15, 0.2) is 42.6 Å². The summed E-state index contributed by atoms with van der Waals surface area (Å²) < 4.78 is 15.3. The minimum atomic E-state index is -0.230. The number of fused-ring (bicyclic) bond motifs is 1. The van der Waals surface area contributed by atoms with Gasteiger partial charge in [-0.05, 0) is 44.0 Å². The number of aromatic nitrogens is 3. The summed E-state index contributed by atoms with van der Waals surface area (Å²) in [4.78, 5) is 0. The quantitative estimate of drug-likeness (QED) is 0.708. The van der Waals surface area contributed by atoms with Gasteiger partial charge in [-0.1, -0.05) is 24.3 Å². The fourth-order valence-electron chi connectivity index (χ4n) is 2.84. The number of hydrogen-bond acceptors (Lipinski definition) is 3. The predicted octanol–water partition coefficient (Wildman–Crippen LogP) is 4.38. The van der Waals surface area contributed by atoms with Crippen LogP contribution in [0.25, 0.3) is 10.9 Å². The molecule has 3 aromatic rings. The molecule has 0 atom stereocenters. The number of aryl methyl sites for hydroxylation is 1. The lowest BCUT2D eigenvalue weighted by atomic mass is 10.2. The summed E-state index contributed by atoms with van der Waals surface area (Å²) in [5, 5.41) is 12.9. The third-order valence-electron chi connectivity index (χ3n) is 4.34. The molecule has 0 saturated heterocycles. The first-order valence-corrected chi connectivity index (χ1v) is 8.02. The number of benzene rings is 1. The van der Waals surface area contributed by atoms with E-state index in [1.54, 1.807) is 12.1 Å². The Morgan fingerprint density at radius 3 is 2.67 bits per heavy atom. The van der Waals surface area contributed by atoms with E-state index in [0.717, 1.165) is 28.8 Å². The van der Waals surface area contributed by atoms with Crippen molar-refractivity contribution in [1.29, 1.82) is 0 Å². The first-order valence-electron chi connectivity index (χ1n) is 8.02. The van der Waals surface area contributed by atoms with Crippen LogP contribution in [0.3, 0.4) is 0 Å². The molecule has 2 heterocycles. The Bertz CT molecular complexity index is 879. The van der Waals surface area contributed by atoms with Gasteiger partial charge in [0.05, 0.1) is 11.7 Å². The molecule has 5 heteroatoms. The summed E-state index contributed by atoms with van der Waals surface area (Å²) in [6, 6.07) is 6.47. The zero-order chi connectivity index (χ0) is 17.1. The summed E-state index contributed by atoms with van der Waals surface area (Å²) in [5.74, 6) is 0.518. The lowest BCUT2D eigenvalue weighted by Crippen LogP contribution is -2.06. The molecule has 4 nitrogen and oxygen atoms in total. The molecule has 0 aliphatic heterocycles. The molecule has 3 rings (SSSR count). The van der Waals surface area contributed by atoms with Crippen LogP contribution in [-0.2, 0) is 13.1 Å². The fraction of sp³-hybridized carbons (Fsp3) is 0.263. The van der Waals surface area contributed by atoms with E-state index in [2.05, 4.69) is 40.0 Å². The van der Waals surface area contributed by atoms with Crippen molar-refractivity contribution < 1.29 is 4.39 Å². The monoisotopic (exact) mass is 324 g/mol. The highest BCUT2D eigenvalue weighted by atomic mass is 19.1. The summed E-state index contributed by atoms with van der Waals surface area (Å²) >= 11 is 0. The topological polar surface area (TPSA) is 42.7 Å². The van der Waals surface area contributed by atoms with Crippen molar-refractivity contribution in [1.82, 2.24) is 14.8 Å². The van der Waals surface area contributed by atoms with E-state index in [-0.39, 0.29) is 5.82 Å². The van der Waals surface area contributed by atoms with E-state index in [1.807, 2.05) is 19.2 Å². The van der Waals surface area contributed by atoms with Crippen LogP contribution in [0, 0.1) is 19.7 Å². The second-order valence-corrected chi connectivity index (χ2v) is 5.83. The Labute approximate surface area is 141 Å². The highest BCUT2D eigenvalue weighted by Crippen LogP contribution is 2.29. The van der Waals surface area contributed by atoms with Gasteiger partial charge < -0.3 is 9.88 Å². The van der Waals surface area contributed by atoms with Gasteiger partial charge in [0.2, 0.25) is 0 Å². The normalized spacial score (nSPS) is 11.5. The Morgan fingerprint density at radius 1 is 1.21 bits per heavy atom. The van der Waals surface area contributed by atoms with Crippen LogP contribution in [-0.4, -0.2) is 14.8 Å². The van der Waals surface area contributed by atoms with Gasteiger partial charge in [-0.2, -0.15) is 5.10 Å². The smallest absolute Gasteiger partial charge is 0.173 e. The number of nitrogens with one attached hydrogen (secondary N) is 1. The second kappa shape index (κ2) is 6.83. The number of halogens is 1. The lowest BCUT2D eigenvalue weighted by Gasteiger charge is -2.10. The van der Waals surface area contributed by atoms with Gasteiger partial charge >= 0.3 is 0 Å². The van der Waals surface area contributed by atoms with Crippen LogP contribution >= 0.6 is 0 Å². The van der Waals surface area contributed by atoms with E-state index < -0.39 is 0 Å². The van der Waals surface area contributed by atoms with Crippen molar-refractivity contribution in [3.05, 3.63) is 65.3 Å². The highest BCUT2D eigenvalue weighted by molar-refractivity contribution is 5.92. The van der Waals surface area contributed by atoms with Gasteiger partial charge in [-0.15, -0.1) is 5.10 Å². The lowest BCUT2D eigenvalue weighted by molar-refractivity contribution is 0.627. The molecule has 124 valence electrons. The van der Waals surface area contributed by atoms with Crippen molar-refractivity contribution in [3.8, 4) is 0 Å². The third-order valence-corrected chi connectivity index (χ3v) is 4.34. The molecule has 0 spiro atoms. The van der Waals surface area contributed by atoms with Crippen LogP contribution < -0.4 is 5.32 Å². The van der Waals surface area contributed by atoms with E-state index in [1.165, 1.54) is 23.4 Å². The van der Waals surface area contributed by atoms with Crippen LogP contribution in [0.2, 0.25) is 0 Å². The third kappa shape index (κ3) is 3.02. The zero-order valence-electron chi connectivity index (χ0n) is 14.2. The van der Waals surface area contributed by atoms with Gasteiger partial charge in [0.25, 0.3) is 0 Å². The predicted molar refractivity (Wildman–Crippen MR) is 95.5 cm³/mol. The molecular weight excluding hydrogens is 303 g/mol. The van der Waals surface area contributed by atoms with Gasteiger partial charge in [0.1, 0.15) is 5.82 Å². The summed E-state index contributed by atoms with van der Waals surface area (Å²) in [6.07, 6.45) is 5.98. The molecule has 0 radical (unpaired) electrons. The van der Waals surface area contributed by atoms with Gasteiger partial charge in [-0.3, -0.25) is 0 Å². The molecule has 0 aliphatic rings. The van der Waals surface area contributed by atoms with Crippen molar-refractivity contribution in [2.75, 3.05) is 5.32 Å². The first-order chi connectivity index (χ1) is 11.6. The maximum atomic E-state index is 13.0. The Kier molecular flexibility index (Phi) is 4.60. The molecule has 24 heavy (non-hydrogen) atoms. The average Bonchev–Trinajstić information content (AvgIpc) is 2.84. The Morgan fingerprint density at radius 2 is 1.96 bits per heavy atom. The summed E-state index contributed by atoms with van der Waals surface area (Å²) in [5.41, 5.74) is 4.48. The zero-order valence-corrected chi connectivity index (χ0v) is 14.2. The van der Waals surface area contributed by atoms with Crippen molar-refractivity contribution in [2.45, 2.75) is 33.9 Å². The molecule has 0 aliphatic carbocycles. The minimum Gasteiger partial charge on any atom is -0.363 e. The maximum Gasteiger partial charge on any atom is 0.173 e. The molecule has 0 unspecified atom stereocenters. The number of allylic oxidation sites excluding steroid dienone is 2. The van der Waals surface area contributed by atoms with Gasteiger partial charge in [0, 0.05) is 24.2 Å². The van der Waals surface area contributed by atoms with Crippen LogP contribution in [0.1, 0.15) is 23.7 Å². The molecular formula is C19H21FN4. The minimum absolute atomic E-state index is 0.230. The molecule has 0 saturated carbocycles. The Hall–Kier alpha value is -2.69. The number of rotatable bonds is 5. The van der Waals surface area contributed by atoms with E-state index in [0.29, 0.717) is 6.54 Å². The van der Waals surface area contributed by atoms with Crippen molar-refractivity contribution >= 4 is 16.7 Å². The van der Waals surface area contributed by atoms with Gasteiger partial charge in [-0.25, -0.2) is 4.39 Å². The number of hydrogen-bond donors (Lipinski definition) is 1. The molecule has 1 aromatic carbocycles. The summed E-state index contributed by atoms with van der Waals surface area (Å²) in [7, 11) is 0. The maximum absolute atomic E-state index is 13.0. The van der Waals surface area contributed by atoms with E-state index in [9.17, 15) is 4.39 Å². The second-order valence-electron chi connectivity index (χ2n) is 5.83. The van der Waals surface area contributed by atoms with Gasteiger partial charge in [0.15, 0.2) is 5.82 Å². The van der Waals surface area contributed by atoms with Crippen molar-refractivity contribution in [2.24, 2.45) is 0 Å². The largest absolute Gasteiger partial charge is 0.363 e.